The smallest absolute Gasteiger partial charge is 0.239 e. The Kier molecular flexibility index (Phi) is 7.92. The second-order valence-corrected chi connectivity index (χ2v) is 5.59. The summed E-state index contributed by atoms with van der Waals surface area (Å²) in [6.45, 7) is 2.85. The van der Waals surface area contributed by atoms with Crippen molar-refractivity contribution in [2.75, 3.05) is 26.2 Å². The molecule has 5 nitrogen and oxygen atoms in total. The van der Waals surface area contributed by atoms with E-state index in [0.717, 1.165) is 58.2 Å². The fourth-order valence-corrected chi connectivity index (χ4v) is 2.80. The number of carbonyl (C=O) groups is 2. The molecule has 0 saturated carbocycles. The molecule has 0 bridgehead atoms. The lowest BCUT2D eigenvalue weighted by Crippen LogP contribution is -2.49. The maximum Gasteiger partial charge on any atom is 0.239 e. The number of halogens is 1. The van der Waals surface area contributed by atoms with Gasteiger partial charge in [0, 0.05) is 25.6 Å². The number of piperidine rings is 1. The molecule has 2 aliphatic rings. The molecule has 2 saturated heterocycles. The maximum absolute atomic E-state index is 12.0. The van der Waals surface area contributed by atoms with Gasteiger partial charge in [0.05, 0.1) is 6.54 Å². The zero-order valence-corrected chi connectivity index (χ0v) is 12.8. The summed E-state index contributed by atoms with van der Waals surface area (Å²) < 4.78 is 0. The van der Waals surface area contributed by atoms with E-state index in [-0.39, 0.29) is 36.8 Å². The van der Waals surface area contributed by atoms with Crippen LogP contribution < -0.4 is 10.6 Å². The molecule has 116 valence electrons. The molecular weight excluding hydrogens is 278 g/mol. The van der Waals surface area contributed by atoms with Crippen molar-refractivity contribution >= 4 is 24.2 Å². The van der Waals surface area contributed by atoms with Gasteiger partial charge in [-0.25, -0.2) is 0 Å². The largest absolute Gasteiger partial charge is 0.351 e. The lowest BCUT2D eigenvalue weighted by Gasteiger charge is -2.27. The predicted molar refractivity (Wildman–Crippen MR) is 80.9 cm³/mol. The molecular formula is C14H26ClN3O2. The first-order valence-corrected chi connectivity index (χ1v) is 7.53. The number of hydrogen-bond donors (Lipinski definition) is 2. The standard InChI is InChI=1S/C14H25N3O2.ClH/c18-13(16-12-6-5-8-15-10-12)11-17-9-4-2-1-3-7-14(17)19;/h12,15H,1-11H2,(H,16,18);1H. The van der Waals surface area contributed by atoms with Gasteiger partial charge in [0.15, 0.2) is 0 Å². The Bertz CT molecular complexity index is 320. The highest BCUT2D eigenvalue weighted by molar-refractivity contribution is 5.85. The molecule has 0 aromatic rings. The van der Waals surface area contributed by atoms with Gasteiger partial charge in [-0.05, 0) is 32.2 Å². The summed E-state index contributed by atoms with van der Waals surface area (Å²) in [5, 5.41) is 6.30. The van der Waals surface area contributed by atoms with Gasteiger partial charge in [0.2, 0.25) is 11.8 Å². The first-order valence-electron chi connectivity index (χ1n) is 7.53. The molecule has 0 aromatic heterocycles. The molecule has 1 unspecified atom stereocenters. The second kappa shape index (κ2) is 9.19. The zero-order chi connectivity index (χ0) is 13.5. The van der Waals surface area contributed by atoms with Crippen LogP contribution in [0.3, 0.4) is 0 Å². The summed E-state index contributed by atoms with van der Waals surface area (Å²) >= 11 is 0. The molecule has 2 rings (SSSR count). The minimum absolute atomic E-state index is 0. The molecule has 1 atom stereocenters. The average molecular weight is 304 g/mol. The van der Waals surface area contributed by atoms with Gasteiger partial charge in [-0.15, -0.1) is 12.4 Å². The van der Waals surface area contributed by atoms with E-state index in [1.165, 1.54) is 0 Å². The second-order valence-electron chi connectivity index (χ2n) is 5.59. The van der Waals surface area contributed by atoms with Crippen LogP contribution in [0.2, 0.25) is 0 Å². The summed E-state index contributed by atoms with van der Waals surface area (Å²) in [5.41, 5.74) is 0. The van der Waals surface area contributed by atoms with Gasteiger partial charge in [0.25, 0.3) is 0 Å². The van der Waals surface area contributed by atoms with E-state index in [1.54, 1.807) is 4.90 Å². The van der Waals surface area contributed by atoms with Crippen molar-refractivity contribution in [1.29, 1.82) is 0 Å². The highest BCUT2D eigenvalue weighted by atomic mass is 35.5. The van der Waals surface area contributed by atoms with E-state index in [4.69, 9.17) is 0 Å². The van der Waals surface area contributed by atoms with Gasteiger partial charge in [-0.1, -0.05) is 12.8 Å². The zero-order valence-electron chi connectivity index (χ0n) is 12.0. The normalized spacial score (nSPS) is 24.3. The Morgan fingerprint density at radius 2 is 2.05 bits per heavy atom. The lowest BCUT2D eigenvalue weighted by molar-refractivity contribution is -0.136. The van der Waals surface area contributed by atoms with E-state index in [0.29, 0.717) is 6.42 Å². The number of nitrogens with one attached hydrogen (secondary N) is 2. The monoisotopic (exact) mass is 303 g/mol. The Hall–Kier alpha value is -0.810. The molecule has 0 aliphatic carbocycles. The van der Waals surface area contributed by atoms with E-state index in [9.17, 15) is 9.59 Å². The van der Waals surface area contributed by atoms with Crippen LogP contribution in [-0.2, 0) is 9.59 Å². The van der Waals surface area contributed by atoms with Gasteiger partial charge in [-0.2, -0.15) is 0 Å². The van der Waals surface area contributed by atoms with Crippen LogP contribution in [0.1, 0.15) is 44.9 Å². The SMILES string of the molecule is Cl.O=C(CN1CCCCCCC1=O)NC1CCCNC1. The third-order valence-electron chi connectivity index (χ3n) is 3.92. The Morgan fingerprint density at radius 3 is 2.80 bits per heavy atom. The van der Waals surface area contributed by atoms with E-state index in [2.05, 4.69) is 10.6 Å². The maximum atomic E-state index is 12.0. The molecule has 0 radical (unpaired) electrons. The van der Waals surface area contributed by atoms with Crippen LogP contribution in [0.15, 0.2) is 0 Å². The molecule has 20 heavy (non-hydrogen) atoms. The molecule has 2 amide bonds. The molecule has 0 spiro atoms. The topological polar surface area (TPSA) is 61.4 Å². The van der Waals surface area contributed by atoms with E-state index >= 15 is 0 Å². The van der Waals surface area contributed by atoms with Crippen LogP contribution >= 0.6 is 12.4 Å². The molecule has 0 aromatic carbocycles. The molecule has 6 heteroatoms. The summed E-state index contributed by atoms with van der Waals surface area (Å²) in [7, 11) is 0. The minimum atomic E-state index is -0.0115. The van der Waals surface area contributed by atoms with Crippen molar-refractivity contribution in [2.45, 2.75) is 51.0 Å². The third-order valence-corrected chi connectivity index (χ3v) is 3.92. The molecule has 2 heterocycles. The summed E-state index contributed by atoms with van der Waals surface area (Å²) in [4.78, 5) is 25.6. The number of carbonyl (C=O) groups excluding carboxylic acids is 2. The molecule has 2 aliphatic heterocycles. The number of amides is 2. The third kappa shape index (κ3) is 5.67. The van der Waals surface area contributed by atoms with Gasteiger partial charge in [-0.3, -0.25) is 9.59 Å². The van der Waals surface area contributed by atoms with Crippen LogP contribution in [0, 0.1) is 0 Å². The fraction of sp³-hybridized carbons (Fsp3) is 0.857. The highest BCUT2D eigenvalue weighted by Gasteiger charge is 2.20. The van der Waals surface area contributed by atoms with Crippen LogP contribution in [0.4, 0.5) is 0 Å². The van der Waals surface area contributed by atoms with Crippen molar-refractivity contribution < 1.29 is 9.59 Å². The highest BCUT2D eigenvalue weighted by Crippen LogP contribution is 2.11. The van der Waals surface area contributed by atoms with Crippen LogP contribution in [-0.4, -0.2) is 48.9 Å². The van der Waals surface area contributed by atoms with Crippen molar-refractivity contribution in [3.05, 3.63) is 0 Å². The first kappa shape index (κ1) is 17.2. The van der Waals surface area contributed by atoms with Crippen LogP contribution in [0.25, 0.3) is 0 Å². The number of hydrogen-bond acceptors (Lipinski definition) is 3. The quantitative estimate of drug-likeness (QED) is 0.820. The van der Waals surface area contributed by atoms with Gasteiger partial charge in [0.1, 0.15) is 0 Å². The van der Waals surface area contributed by atoms with E-state index in [1.807, 2.05) is 0 Å². The van der Waals surface area contributed by atoms with Crippen molar-refractivity contribution in [1.82, 2.24) is 15.5 Å². The van der Waals surface area contributed by atoms with Crippen molar-refractivity contribution in [3.63, 3.8) is 0 Å². The Morgan fingerprint density at radius 1 is 1.25 bits per heavy atom. The van der Waals surface area contributed by atoms with Gasteiger partial charge < -0.3 is 15.5 Å². The van der Waals surface area contributed by atoms with E-state index < -0.39 is 0 Å². The van der Waals surface area contributed by atoms with Crippen molar-refractivity contribution in [2.24, 2.45) is 0 Å². The summed E-state index contributed by atoms with van der Waals surface area (Å²) in [5.74, 6) is 0.124. The predicted octanol–water partition coefficient (Wildman–Crippen LogP) is 1.07. The first-order chi connectivity index (χ1) is 9.25. The number of likely N-dealkylation sites (tertiary alicyclic amines) is 1. The van der Waals surface area contributed by atoms with Gasteiger partial charge >= 0.3 is 0 Å². The van der Waals surface area contributed by atoms with Crippen molar-refractivity contribution in [3.8, 4) is 0 Å². The molecule has 2 fully saturated rings. The fourth-order valence-electron chi connectivity index (χ4n) is 2.80. The number of nitrogens with zero attached hydrogens (tertiary/aromatic N) is 1. The Labute approximate surface area is 127 Å². The minimum Gasteiger partial charge on any atom is -0.351 e. The number of rotatable bonds is 3. The summed E-state index contributed by atoms with van der Waals surface area (Å²) in [6, 6.07) is 0.228. The lowest BCUT2D eigenvalue weighted by atomic mass is 10.1. The summed E-state index contributed by atoms with van der Waals surface area (Å²) in [6.07, 6.45) is 7.02. The van der Waals surface area contributed by atoms with Crippen LogP contribution in [0.5, 0.6) is 0 Å². The molecule has 2 N–H and O–H groups in total. The Balaban J connectivity index is 0.00000200. The average Bonchev–Trinajstić information content (AvgIpc) is 2.40.